The van der Waals surface area contributed by atoms with E-state index in [1.54, 1.807) is 25.1 Å². The zero-order valence-corrected chi connectivity index (χ0v) is 12.5. The molecule has 0 aliphatic heterocycles. The van der Waals surface area contributed by atoms with Gasteiger partial charge in [-0.2, -0.15) is 0 Å². The number of halogens is 3. The molecule has 1 atom stereocenters. The lowest BCUT2D eigenvalue weighted by atomic mass is 10.1. The molecule has 0 amide bonds. The van der Waals surface area contributed by atoms with Gasteiger partial charge in [-0.15, -0.1) is 0 Å². The van der Waals surface area contributed by atoms with E-state index in [9.17, 15) is 8.78 Å². The summed E-state index contributed by atoms with van der Waals surface area (Å²) < 4.78 is 33.4. The molecule has 2 nitrogen and oxygen atoms in total. The Morgan fingerprint density at radius 1 is 1.15 bits per heavy atom. The number of nitrogens with two attached hydrogens (primary N) is 1. The van der Waals surface area contributed by atoms with Gasteiger partial charge in [0.05, 0.1) is 0 Å². The van der Waals surface area contributed by atoms with E-state index >= 15 is 0 Å². The Bertz CT molecular complexity index is 617. The number of hydrogen-bond donors (Lipinski definition) is 1. The fraction of sp³-hybridized carbons (Fsp3) is 0.200. The second-order valence-corrected chi connectivity index (χ2v) is 5.42. The minimum Gasteiger partial charge on any atom is -0.486 e. The highest BCUT2D eigenvalue weighted by Gasteiger charge is 2.09. The van der Waals surface area contributed by atoms with Crippen molar-refractivity contribution in [1.82, 2.24) is 0 Å². The average molecular weight is 342 g/mol. The number of rotatable bonds is 4. The van der Waals surface area contributed by atoms with Crippen molar-refractivity contribution < 1.29 is 13.5 Å². The van der Waals surface area contributed by atoms with Crippen LogP contribution in [0.25, 0.3) is 0 Å². The van der Waals surface area contributed by atoms with Crippen LogP contribution in [0.4, 0.5) is 8.78 Å². The Hall–Kier alpha value is -1.46. The maximum absolute atomic E-state index is 13.8. The Balaban J connectivity index is 2.11. The summed E-state index contributed by atoms with van der Waals surface area (Å²) in [7, 11) is 0. The molecule has 2 aromatic carbocycles. The largest absolute Gasteiger partial charge is 0.486 e. The SMILES string of the molecule is C[C@@H](N)c1ccc(OCc2ccc(Br)cc2F)c(F)c1. The summed E-state index contributed by atoms with van der Waals surface area (Å²) in [6, 6.07) is 8.92. The maximum Gasteiger partial charge on any atom is 0.165 e. The first-order valence-corrected chi connectivity index (χ1v) is 6.88. The van der Waals surface area contributed by atoms with Gasteiger partial charge in [-0.3, -0.25) is 0 Å². The first-order chi connectivity index (χ1) is 9.47. The fourth-order valence-electron chi connectivity index (χ4n) is 1.71. The van der Waals surface area contributed by atoms with E-state index in [0.29, 0.717) is 15.6 Å². The van der Waals surface area contributed by atoms with Gasteiger partial charge in [-0.25, -0.2) is 8.78 Å². The quantitative estimate of drug-likeness (QED) is 0.898. The summed E-state index contributed by atoms with van der Waals surface area (Å²) in [6.45, 7) is 1.74. The molecular weight excluding hydrogens is 328 g/mol. The lowest BCUT2D eigenvalue weighted by Gasteiger charge is -2.11. The van der Waals surface area contributed by atoms with E-state index in [1.165, 1.54) is 18.2 Å². The fourth-order valence-corrected chi connectivity index (χ4v) is 2.04. The minimum absolute atomic E-state index is 0.0342. The predicted octanol–water partition coefficient (Wildman–Crippen LogP) is 4.33. The zero-order chi connectivity index (χ0) is 14.7. The van der Waals surface area contributed by atoms with Gasteiger partial charge in [-0.1, -0.05) is 28.1 Å². The van der Waals surface area contributed by atoms with E-state index < -0.39 is 11.6 Å². The third-order valence-electron chi connectivity index (χ3n) is 2.88. The second kappa shape index (κ2) is 6.33. The average Bonchev–Trinajstić information content (AvgIpc) is 2.38. The van der Waals surface area contributed by atoms with Gasteiger partial charge in [0.25, 0.3) is 0 Å². The molecule has 0 unspecified atom stereocenters. The van der Waals surface area contributed by atoms with Crippen LogP contribution >= 0.6 is 15.9 Å². The van der Waals surface area contributed by atoms with Crippen molar-refractivity contribution in [2.24, 2.45) is 5.73 Å². The molecular formula is C15H14BrF2NO. The molecule has 0 saturated heterocycles. The van der Waals surface area contributed by atoms with E-state index in [2.05, 4.69) is 15.9 Å². The lowest BCUT2D eigenvalue weighted by Crippen LogP contribution is -2.06. The van der Waals surface area contributed by atoms with Crippen LogP contribution in [0.5, 0.6) is 5.75 Å². The molecule has 0 aliphatic rings. The summed E-state index contributed by atoms with van der Waals surface area (Å²) in [5.74, 6) is -0.818. The monoisotopic (exact) mass is 341 g/mol. The normalized spacial score (nSPS) is 12.2. The lowest BCUT2D eigenvalue weighted by molar-refractivity contribution is 0.284. The van der Waals surface area contributed by atoms with Crippen LogP contribution < -0.4 is 10.5 Å². The number of ether oxygens (including phenoxy) is 1. The molecule has 0 radical (unpaired) electrons. The van der Waals surface area contributed by atoms with Crippen LogP contribution in [0.1, 0.15) is 24.1 Å². The van der Waals surface area contributed by atoms with Gasteiger partial charge in [0.15, 0.2) is 11.6 Å². The molecule has 106 valence electrons. The summed E-state index contributed by atoms with van der Waals surface area (Å²) >= 11 is 3.17. The first-order valence-electron chi connectivity index (χ1n) is 6.09. The van der Waals surface area contributed by atoms with Crippen molar-refractivity contribution in [1.29, 1.82) is 0 Å². The third-order valence-corrected chi connectivity index (χ3v) is 3.37. The van der Waals surface area contributed by atoms with Crippen LogP contribution in [0.15, 0.2) is 40.9 Å². The van der Waals surface area contributed by atoms with E-state index in [-0.39, 0.29) is 18.4 Å². The van der Waals surface area contributed by atoms with Gasteiger partial charge in [0, 0.05) is 16.1 Å². The molecule has 0 heterocycles. The van der Waals surface area contributed by atoms with Crippen LogP contribution in [0.3, 0.4) is 0 Å². The maximum atomic E-state index is 13.8. The molecule has 5 heteroatoms. The van der Waals surface area contributed by atoms with Crippen LogP contribution in [-0.2, 0) is 6.61 Å². The molecule has 0 aromatic heterocycles. The van der Waals surface area contributed by atoms with Gasteiger partial charge < -0.3 is 10.5 Å². The van der Waals surface area contributed by atoms with Crippen LogP contribution in [0, 0.1) is 11.6 Å². The van der Waals surface area contributed by atoms with Gasteiger partial charge in [0.2, 0.25) is 0 Å². The first kappa shape index (κ1) is 14.9. The molecule has 0 bridgehead atoms. The standard InChI is InChI=1S/C15H14BrF2NO/c1-9(19)10-3-5-15(14(18)6-10)20-8-11-2-4-12(16)7-13(11)17/h2-7,9H,8,19H2,1H3/t9-/m1/s1. The van der Waals surface area contributed by atoms with E-state index in [0.717, 1.165) is 0 Å². The van der Waals surface area contributed by atoms with Crippen molar-refractivity contribution in [2.75, 3.05) is 0 Å². The third kappa shape index (κ3) is 3.55. The summed E-state index contributed by atoms with van der Waals surface area (Å²) in [5.41, 5.74) is 6.72. The number of hydrogen-bond acceptors (Lipinski definition) is 2. The topological polar surface area (TPSA) is 35.2 Å². The van der Waals surface area contributed by atoms with Gasteiger partial charge >= 0.3 is 0 Å². The van der Waals surface area contributed by atoms with Crippen molar-refractivity contribution in [3.63, 3.8) is 0 Å². The molecule has 2 N–H and O–H groups in total. The van der Waals surface area contributed by atoms with Crippen molar-refractivity contribution in [2.45, 2.75) is 19.6 Å². The van der Waals surface area contributed by atoms with Crippen molar-refractivity contribution >= 4 is 15.9 Å². The van der Waals surface area contributed by atoms with Crippen LogP contribution in [0.2, 0.25) is 0 Å². The summed E-state index contributed by atoms with van der Waals surface area (Å²) in [4.78, 5) is 0. The highest BCUT2D eigenvalue weighted by atomic mass is 79.9. The van der Waals surface area contributed by atoms with E-state index in [1.807, 2.05) is 0 Å². The zero-order valence-electron chi connectivity index (χ0n) is 10.9. The van der Waals surface area contributed by atoms with Gasteiger partial charge in [0.1, 0.15) is 12.4 Å². The molecule has 0 fully saturated rings. The summed E-state index contributed by atoms with van der Waals surface area (Å²) in [5, 5.41) is 0. The number of benzene rings is 2. The predicted molar refractivity (Wildman–Crippen MR) is 77.4 cm³/mol. The molecule has 0 spiro atoms. The molecule has 0 saturated carbocycles. The molecule has 2 rings (SSSR count). The molecule has 0 aliphatic carbocycles. The second-order valence-electron chi connectivity index (χ2n) is 4.50. The van der Waals surface area contributed by atoms with Crippen molar-refractivity contribution in [3.05, 3.63) is 63.6 Å². The Kier molecular flexibility index (Phi) is 4.73. The summed E-state index contributed by atoms with van der Waals surface area (Å²) in [6.07, 6.45) is 0. The Morgan fingerprint density at radius 2 is 1.90 bits per heavy atom. The van der Waals surface area contributed by atoms with Gasteiger partial charge in [-0.05, 0) is 36.8 Å². The minimum atomic E-state index is -0.502. The highest BCUT2D eigenvalue weighted by Crippen LogP contribution is 2.23. The van der Waals surface area contributed by atoms with Crippen molar-refractivity contribution in [3.8, 4) is 5.75 Å². The Morgan fingerprint density at radius 3 is 2.50 bits per heavy atom. The highest BCUT2D eigenvalue weighted by molar-refractivity contribution is 9.10. The van der Waals surface area contributed by atoms with E-state index in [4.69, 9.17) is 10.5 Å². The molecule has 2 aromatic rings. The van der Waals surface area contributed by atoms with Crippen LogP contribution in [-0.4, -0.2) is 0 Å². The smallest absolute Gasteiger partial charge is 0.165 e. The Labute approximate surface area is 124 Å². The molecule has 20 heavy (non-hydrogen) atoms.